The summed E-state index contributed by atoms with van der Waals surface area (Å²) >= 11 is 5.86. The lowest BCUT2D eigenvalue weighted by Gasteiger charge is -2.09. The van der Waals surface area contributed by atoms with Gasteiger partial charge in [0, 0.05) is 28.0 Å². The second-order valence-electron chi connectivity index (χ2n) is 6.14. The number of H-pyrrole nitrogens is 1. The molecular weight excluding hydrogens is 350 g/mol. The van der Waals surface area contributed by atoms with Crippen LogP contribution in [0.4, 0.5) is 5.69 Å². The van der Waals surface area contributed by atoms with Crippen LogP contribution in [0.3, 0.4) is 0 Å². The molecule has 6 heteroatoms. The first-order chi connectivity index (χ1) is 12.4. The Morgan fingerprint density at radius 3 is 2.58 bits per heavy atom. The quantitative estimate of drug-likeness (QED) is 0.734. The summed E-state index contributed by atoms with van der Waals surface area (Å²) in [6.07, 6.45) is 1.39. The minimum Gasteiger partial charge on any atom is -0.326 e. The van der Waals surface area contributed by atoms with Gasteiger partial charge in [-0.15, -0.1) is 0 Å². The van der Waals surface area contributed by atoms with Crippen LogP contribution >= 0.6 is 11.6 Å². The fourth-order valence-corrected chi connectivity index (χ4v) is 2.67. The first-order valence-electron chi connectivity index (χ1n) is 8.13. The van der Waals surface area contributed by atoms with Crippen LogP contribution in [0.15, 0.2) is 53.5 Å². The number of nitrogens with zero attached hydrogens (tertiary/aromatic N) is 1. The number of rotatable bonds is 4. The summed E-state index contributed by atoms with van der Waals surface area (Å²) in [7, 11) is 0. The molecule has 1 amide bonds. The molecule has 5 nitrogen and oxygen atoms in total. The van der Waals surface area contributed by atoms with Gasteiger partial charge < -0.3 is 10.3 Å². The van der Waals surface area contributed by atoms with Gasteiger partial charge in [-0.25, -0.2) is 4.98 Å². The Hall–Kier alpha value is -2.92. The largest absolute Gasteiger partial charge is 0.326 e. The smallest absolute Gasteiger partial charge is 0.254 e. The van der Waals surface area contributed by atoms with Gasteiger partial charge in [0.25, 0.3) is 5.56 Å². The normalized spacial score (nSPS) is 10.6. The van der Waals surface area contributed by atoms with Gasteiger partial charge in [0.15, 0.2) is 0 Å². The highest BCUT2D eigenvalue weighted by atomic mass is 35.5. The molecule has 0 radical (unpaired) electrons. The number of hydrogen-bond acceptors (Lipinski definition) is 3. The molecule has 0 aliphatic carbocycles. The van der Waals surface area contributed by atoms with E-state index in [2.05, 4.69) is 15.3 Å². The van der Waals surface area contributed by atoms with Gasteiger partial charge in [-0.3, -0.25) is 9.59 Å². The van der Waals surface area contributed by atoms with E-state index in [0.717, 1.165) is 22.4 Å². The number of aromatic amines is 1. The first-order valence-corrected chi connectivity index (χ1v) is 8.51. The Morgan fingerprint density at radius 1 is 1.15 bits per heavy atom. The second kappa shape index (κ2) is 7.54. The minimum atomic E-state index is -0.332. The van der Waals surface area contributed by atoms with Crippen molar-refractivity contribution in [3.8, 4) is 11.4 Å². The number of hydrogen-bond donors (Lipinski definition) is 2. The van der Waals surface area contributed by atoms with Crippen LogP contribution in [0.5, 0.6) is 0 Å². The number of carbonyl (C=O) groups excluding carboxylic acids is 1. The monoisotopic (exact) mass is 367 g/mol. The fraction of sp³-hybridized carbons (Fsp3) is 0.150. The highest BCUT2D eigenvalue weighted by Gasteiger charge is 2.11. The number of anilines is 1. The molecule has 3 rings (SSSR count). The molecule has 2 N–H and O–H groups in total. The Labute approximate surface area is 156 Å². The van der Waals surface area contributed by atoms with Crippen molar-refractivity contribution < 1.29 is 4.79 Å². The number of amides is 1. The average Bonchev–Trinajstić information content (AvgIpc) is 2.60. The van der Waals surface area contributed by atoms with Crippen LogP contribution in [0, 0.1) is 13.8 Å². The molecule has 3 aromatic rings. The summed E-state index contributed by atoms with van der Waals surface area (Å²) in [6, 6.07) is 12.8. The lowest BCUT2D eigenvalue weighted by molar-refractivity contribution is -0.115. The summed E-state index contributed by atoms with van der Waals surface area (Å²) in [5.41, 5.74) is 3.49. The predicted molar refractivity (Wildman–Crippen MR) is 104 cm³/mol. The summed E-state index contributed by atoms with van der Waals surface area (Å²) in [5.74, 6) is 0.176. The van der Waals surface area contributed by atoms with Crippen molar-refractivity contribution in [3.05, 3.63) is 80.7 Å². The molecule has 0 fully saturated rings. The fourth-order valence-electron chi connectivity index (χ4n) is 2.54. The van der Waals surface area contributed by atoms with E-state index in [1.807, 2.05) is 32.0 Å². The molecule has 0 saturated heterocycles. The van der Waals surface area contributed by atoms with E-state index in [0.29, 0.717) is 16.4 Å². The van der Waals surface area contributed by atoms with Crippen molar-refractivity contribution in [1.29, 1.82) is 0 Å². The van der Waals surface area contributed by atoms with Gasteiger partial charge in [-0.2, -0.15) is 0 Å². The SMILES string of the molecule is Cc1ccc(C)c(NC(=O)Cc2cnc(-c3ccc(Cl)cc3)[nH]c2=O)c1. The first kappa shape index (κ1) is 17.9. The number of halogens is 1. The lowest BCUT2D eigenvalue weighted by atomic mass is 10.1. The number of benzene rings is 2. The van der Waals surface area contributed by atoms with Crippen LogP contribution in [-0.4, -0.2) is 15.9 Å². The summed E-state index contributed by atoms with van der Waals surface area (Å²) in [4.78, 5) is 31.5. The van der Waals surface area contributed by atoms with Crippen molar-refractivity contribution in [3.63, 3.8) is 0 Å². The summed E-state index contributed by atoms with van der Waals surface area (Å²) in [5, 5.41) is 3.45. The van der Waals surface area contributed by atoms with Gasteiger partial charge in [0.2, 0.25) is 5.91 Å². The van der Waals surface area contributed by atoms with Gasteiger partial charge in [-0.05, 0) is 55.3 Å². The second-order valence-corrected chi connectivity index (χ2v) is 6.57. The summed E-state index contributed by atoms with van der Waals surface area (Å²) in [6.45, 7) is 3.88. The van der Waals surface area contributed by atoms with E-state index < -0.39 is 0 Å². The third kappa shape index (κ3) is 4.18. The van der Waals surface area contributed by atoms with Gasteiger partial charge in [0.1, 0.15) is 5.82 Å². The molecular formula is C20H18ClN3O2. The molecule has 0 aliphatic rings. The van der Waals surface area contributed by atoms with Gasteiger partial charge >= 0.3 is 0 Å². The Balaban J connectivity index is 1.75. The molecule has 2 aromatic carbocycles. The Morgan fingerprint density at radius 2 is 1.88 bits per heavy atom. The molecule has 0 aliphatic heterocycles. The van der Waals surface area contributed by atoms with Crippen molar-refractivity contribution in [2.75, 3.05) is 5.32 Å². The zero-order valence-corrected chi connectivity index (χ0v) is 15.2. The predicted octanol–water partition coefficient (Wildman–Crippen LogP) is 3.89. The van der Waals surface area contributed by atoms with Crippen LogP contribution in [-0.2, 0) is 11.2 Å². The molecule has 0 spiro atoms. The number of carbonyl (C=O) groups is 1. The van der Waals surface area contributed by atoms with Crippen LogP contribution in [0.2, 0.25) is 5.02 Å². The molecule has 0 bridgehead atoms. The molecule has 1 heterocycles. The standard InChI is InChI=1S/C20H18ClN3O2/c1-12-3-4-13(2)17(9-12)23-18(25)10-15-11-22-19(24-20(15)26)14-5-7-16(21)8-6-14/h3-9,11H,10H2,1-2H3,(H,23,25)(H,22,24,26). The van der Waals surface area contributed by atoms with E-state index in [9.17, 15) is 9.59 Å². The Bertz CT molecular complexity index is 1010. The molecule has 132 valence electrons. The lowest BCUT2D eigenvalue weighted by Crippen LogP contribution is -2.22. The highest BCUT2D eigenvalue weighted by Crippen LogP contribution is 2.18. The third-order valence-electron chi connectivity index (χ3n) is 4.01. The third-order valence-corrected chi connectivity index (χ3v) is 4.26. The Kier molecular flexibility index (Phi) is 5.19. The molecule has 0 saturated carbocycles. The van der Waals surface area contributed by atoms with Crippen LogP contribution < -0.4 is 10.9 Å². The maximum Gasteiger partial charge on any atom is 0.254 e. The van der Waals surface area contributed by atoms with E-state index in [-0.39, 0.29) is 17.9 Å². The van der Waals surface area contributed by atoms with E-state index in [4.69, 9.17) is 11.6 Å². The topological polar surface area (TPSA) is 74.8 Å². The number of aryl methyl sites for hydroxylation is 2. The van der Waals surface area contributed by atoms with Gasteiger partial charge in [0.05, 0.1) is 6.42 Å². The van der Waals surface area contributed by atoms with Crippen molar-refractivity contribution in [2.24, 2.45) is 0 Å². The average molecular weight is 368 g/mol. The molecule has 1 aromatic heterocycles. The highest BCUT2D eigenvalue weighted by molar-refractivity contribution is 6.30. The van der Waals surface area contributed by atoms with Crippen LogP contribution in [0.1, 0.15) is 16.7 Å². The van der Waals surface area contributed by atoms with Crippen LogP contribution in [0.25, 0.3) is 11.4 Å². The number of nitrogens with one attached hydrogen (secondary N) is 2. The summed E-state index contributed by atoms with van der Waals surface area (Å²) < 4.78 is 0. The zero-order chi connectivity index (χ0) is 18.7. The molecule has 0 unspecified atom stereocenters. The van der Waals surface area contributed by atoms with E-state index in [1.54, 1.807) is 24.3 Å². The maximum atomic E-state index is 12.3. The van der Waals surface area contributed by atoms with Gasteiger partial charge in [-0.1, -0.05) is 23.7 Å². The zero-order valence-electron chi connectivity index (χ0n) is 14.5. The molecule has 0 atom stereocenters. The van der Waals surface area contributed by atoms with Crippen molar-refractivity contribution >= 4 is 23.2 Å². The maximum absolute atomic E-state index is 12.3. The van der Waals surface area contributed by atoms with E-state index in [1.165, 1.54) is 6.20 Å². The molecule has 26 heavy (non-hydrogen) atoms. The minimum absolute atomic E-state index is 0.0450. The number of aromatic nitrogens is 2. The van der Waals surface area contributed by atoms with Crippen molar-refractivity contribution in [1.82, 2.24) is 9.97 Å². The van der Waals surface area contributed by atoms with Crippen molar-refractivity contribution in [2.45, 2.75) is 20.3 Å². The van der Waals surface area contributed by atoms with E-state index >= 15 is 0 Å².